The van der Waals surface area contributed by atoms with E-state index in [-0.39, 0.29) is 5.91 Å². The fourth-order valence-electron chi connectivity index (χ4n) is 2.23. The Balaban J connectivity index is 2.26. The Hall–Kier alpha value is -1.61. The van der Waals surface area contributed by atoms with E-state index >= 15 is 0 Å². The van der Waals surface area contributed by atoms with Crippen LogP contribution < -0.4 is 10.6 Å². The van der Waals surface area contributed by atoms with Crippen molar-refractivity contribution in [1.82, 2.24) is 5.32 Å². The highest BCUT2D eigenvalue weighted by atomic mass is 16.1. The number of nitrogens with one attached hydrogen (secondary N) is 2. The van der Waals surface area contributed by atoms with Crippen molar-refractivity contribution in [2.45, 2.75) is 33.6 Å². The third kappa shape index (κ3) is 2.87. The Morgan fingerprint density at radius 2 is 2.00 bits per heavy atom. The molecule has 1 fully saturated rings. The predicted molar refractivity (Wildman–Crippen MR) is 79.5 cm³/mol. The molecule has 3 heteroatoms. The van der Waals surface area contributed by atoms with Gasteiger partial charge < -0.3 is 10.6 Å². The first-order valence-corrected chi connectivity index (χ1v) is 6.81. The third-order valence-corrected chi connectivity index (χ3v) is 3.71. The minimum absolute atomic E-state index is 0.0210. The number of para-hydroxylation sites is 1. The van der Waals surface area contributed by atoms with Crippen molar-refractivity contribution >= 4 is 11.6 Å². The minimum atomic E-state index is 0.0210. The predicted octanol–water partition coefficient (Wildman–Crippen LogP) is 2.98. The van der Waals surface area contributed by atoms with Crippen LogP contribution in [0.25, 0.3) is 0 Å². The molecule has 1 aliphatic heterocycles. The van der Waals surface area contributed by atoms with E-state index in [2.05, 4.69) is 30.5 Å². The summed E-state index contributed by atoms with van der Waals surface area (Å²) in [4.78, 5) is 12.3. The van der Waals surface area contributed by atoms with Gasteiger partial charge in [-0.2, -0.15) is 0 Å². The molecule has 0 aromatic heterocycles. The van der Waals surface area contributed by atoms with Crippen LogP contribution in [0.3, 0.4) is 0 Å². The first-order chi connectivity index (χ1) is 9.00. The maximum absolute atomic E-state index is 12.3. The fraction of sp³-hybridized carbons (Fsp3) is 0.438. The van der Waals surface area contributed by atoms with E-state index in [1.54, 1.807) is 0 Å². The van der Waals surface area contributed by atoms with Crippen LogP contribution in [0, 0.1) is 6.92 Å². The molecule has 0 bridgehead atoms. The number of hydrogen-bond donors (Lipinski definition) is 2. The molecule has 0 spiro atoms. The van der Waals surface area contributed by atoms with Gasteiger partial charge in [-0.1, -0.05) is 32.0 Å². The van der Waals surface area contributed by atoms with Crippen LogP contribution in [0.5, 0.6) is 0 Å². The van der Waals surface area contributed by atoms with E-state index in [0.717, 1.165) is 29.9 Å². The Labute approximate surface area is 115 Å². The highest BCUT2D eigenvalue weighted by Gasteiger charge is 2.18. The Morgan fingerprint density at radius 1 is 1.32 bits per heavy atom. The molecule has 1 aliphatic rings. The zero-order valence-corrected chi connectivity index (χ0v) is 12.1. The molecule has 102 valence electrons. The lowest BCUT2D eigenvalue weighted by atomic mass is 9.97. The van der Waals surface area contributed by atoms with Crippen LogP contribution in [-0.2, 0) is 4.79 Å². The number of carbonyl (C=O) groups is 1. The maximum atomic E-state index is 12.3. The SMILES string of the molecule is CC(C(=O)Nc1c(C)cccc1C(C)C)=C1CNC1. The number of anilines is 1. The van der Waals surface area contributed by atoms with Crippen molar-refractivity contribution in [3.8, 4) is 0 Å². The van der Waals surface area contributed by atoms with Gasteiger partial charge in [0.1, 0.15) is 0 Å². The normalized spacial score (nSPS) is 14.3. The number of hydrogen-bond acceptors (Lipinski definition) is 2. The van der Waals surface area contributed by atoms with Crippen LogP contribution in [-0.4, -0.2) is 19.0 Å². The number of aryl methyl sites for hydroxylation is 1. The molecule has 2 N–H and O–H groups in total. The van der Waals surface area contributed by atoms with Gasteiger partial charge in [0, 0.05) is 24.4 Å². The molecule has 1 aromatic rings. The summed E-state index contributed by atoms with van der Waals surface area (Å²) in [6, 6.07) is 6.16. The first kappa shape index (κ1) is 13.8. The van der Waals surface area contributed by atoms with E-state index in [4.69, 9.17) is 0 Å². The summed E-state index contributed by atoms with van der Waals surface area (Å²) in [5.74, 6) is 0.418. The van der Waals surface area contributed by atoms with E-state index < -0.39 is 0 Å². The molecule has 19 heavy (non-hydrogen) atoms. The summed E-state index contributed by atoms with van der Waals surface area (Å²) >= 11 is 0. The molecule has 2 rings (SSSR count). The molecular formula is C16H22N2O. The fourth-order valence-corrected chi connectivity index (χ4v) is 2.23. The molecule has 1 saturated heterocycles. The van der Waals surface area contributed by atoms with Crippen LogP contribution >= 0.6 is 0 Å². The van der Waals surface area contributed by atoms with E-state index in [0.29, 0.717) is 5.92 Å². The highest BCUT2D eigenvalue weighted by Crippen LogP contribution is 2.28. The smallest absolute Gasteiger partial charge is 0.251 e. The van der Waals surface area contributed by atoms with Gasteiger partial charge in [-0.05, 0) is 36.5 Å². The van der Waals surface area contributed by atoms with Crippen molar-refractivity contribution in [1.29, 1.82) is 0 Å². The molecule has 0 radical (unpaired) electrons. The molecule has 1 aromatic carbocycles. The summed E-state index contributed by atoms with van der Waals surface area (Å²) in [7, 11) is 0. The molecular weight excluding hydrogens is 236 g/mol. The minimum Gasteiger partial charge on any atom is -0.322 e. The van der Waals surface area contributed by atoms with Gasteiger partial charge in [0.25, 0.3) is 5.91 Å². The molecule has 0 unspecified atom stereocenters. The van der Waals surface area contributed by atoms with Crippen LogP contribution in [0.1, 0.15) is 37.8 Å². The topological polar surface area (TPSA) is 41.1 Å². The van der Waals surface area contributed by atoms with Crippen molar-refractivity contribution in [3.05, 3.63) is 40.5 Å². The first-order valence-electron chi connectivity index (χ1n) is 6.81. The standard InChI is InChI=1S/C16H22N2O/c1-10(2)14-7-5-6-11(3)15(14)18-16(19)12(4)13-8-17-9-13/h5-7,10,17H,8-9H2,1-4H3,(H,18,19). The van der Waals surface area contributed by atoms with Gasteiger partial charge in [0.2, 0.25) is 0 Å². The lowest BCUT2D eigenvalue weighted by Crippen LogP contribution is -2.36. The quantitative estimate of drug-likeness (QED) is 0.818. The molecule has 1 amide bonds. The van der Waals surface area contributed by atoms with Crippen LogP contribution in [0.15, 0.2) is 29.3 Å². The second-order valence-electron chi connectivity index (χ2n) is 5.48. The molecule has 0 atom stereocenters. The highest BCUT2D eigenvalue weighted by molar-refractivity contribution is 6.05. The van der Waals surface area contributed by atoms with Gasteiger partial charge in [0.15, 0.2) is 0 Å². The number of amides is 1. The average molecular weight is 258 g/mol. The number of rotatable bonds is 3. The van der Waals surface area contributed by atoms with Crippen molar-refractivity contribution in [3.63, 3.8) is 0 Å². The Bertz CT molecular complexity index is 524. The average Bonchev–Trinajstić information content (AvgIpc) is 2.28. The van der Waals surface area contributed by atoms with Crippen LogP contribution in [0.2, 0.25) is 0 Å². The lowest BCUT2D eigenvalue weighted by molar-refractivity contribution is -0.112. The van der Waals surface area contributed by atoms with Gasteiger partial charge in [-0.15, -0.1) is 0 Å². The molecule has 0 aliphatic carbocycles. The van der Waals surface area contributed by atoms with Crippen molar-refractivity contribution in [2.75, 3.05) is 18.4 Å². The van der Waals surface area contributed by atoms with E-state index in [1.165, 1.54) is 11.1 Å². The van der Waals surface area contributed by atoms with Gasteiger partial charge >= 0.3 is 0 Å². The summed E-state index contributed by atoms with van der Waals surface area (Å²) in [6.07, 6.45) is 0. The van der Waals surface area contributed by atoms with Gasteiger partial charge in [-0.25, -0.2) is 0 Å². The zero-order chi connectivity index (χ0) is 14.0. The zero-order valence-electron chi connectivity index (χ0n) is 12.1. The summed E-state index contributed by atoms with van der Waals surface area (Å²) in [5, 5.41) is 6.25. The molecule has 3 nitrogen and oxygen atoms in total. The van der Waals surface area contributed by atoms with Crippen LogP contribution in [0.4, 0.5) is 5.69 Å². The van der Waals surface area contributed by atoms with Crippen molar-refractivity contribution < 1.29 is 4.79 Å². The summed E-state index contributed by atoms with van der Waals surface area (Å²) in [5.41, 5.74) is 5.32. The summed E-state index contributed by atoms with van der Waals surface area (Å²) < 4.78 is 0. The van der Waals surface area contributed by atoms with Gasteiger partial charge in [-0.3, -0.25) is 4.79 Å². The second kappa shape index (κ2) is 5.57. The maximum Gasteiger partial charge on any atom is 0.251 e. The molecule has 0 saturated carbocycles. The Kier molecular flexibility index (Phi) is 4.05. The number of benzene rings is 1. The Morgan fingerprint density at radius 3 is 2.53 bits per heavy atom. The second-order valence-corrected chi connectivity index (χ2v) is 5.48. The monoisotopic (exact) mass is 258 g/mol. The largest absolute Gasteiger partial charge is 0.322 e. The van der Waals surface area contributed by atoms with E-state index in [9.17, 15) is 4.79 Å². The lowest BCUT2D eigenvalue weighted by Gasteiger charge is -2.22. The van der Waals surface area contributed by atoms with E-state index in [1.807, 2.05) is 26.0 Å². The van der Waals surface area contributed by atoms with Gasteiger partial charge in [0.05, 0.1) is 0 Å². The van der Waals surface area contributed by atoms with Crippen molar-refractivity contribution in [2.24, 2.45) is 0 Å². The number of carbonyl (C=O) groups excluding carboxylic acids is 1. The summed E-state index contributed by atoms with van der Waals surface area (Å²) in [6.45, 7) is 9.90. The third-order valence-electron chi connectivity index (χ3n) is 3.71. The molecule has 1 heterocycles.